The van der Waals surface area contributed by atoms with Gasteiger partial charge in [-0.3, -0.25) is 10.1 Å². The minimum atomic E-state index is -0.416. The molecule has 37 heavy (non-hydrogen) atoms. The lowest BCUT2D eigenvalue weighted by atomic mass is 10.1. The Bertz CT molecular complexity index is 1670. The van der Waals surface area contributed by atoms with Crippen molar-refractivity contribution in [1.29, 1.82) is 0 Å². The third kappa shape index (κ3) is 5.75. The number of nitrogens with zero attached hydrogens (tertiary/aromatic N) is 1. The number of furan rings is 1. The van der Waals surface area contributed by atoms with Crippen LogP contribution >= 0.6 is 35.4 Å². The monoisotopic (exact) mass is 547 g/mol. The van der Waals surface area contributed by atoms with Crippen LogP contribution in [0.15, 0.2) is 87.7 Å². The molecule has 5 rings (SSSR count). The summed E-state index contributed by atoms with van der Waals surface area (Å²) in [5.74, 6) is 1.13. The summed E-state index contributed by atoms with van der Waals surface area (Å²) in [6.07, 6.45) is 2.86. The number of hydrogen-bond acceptors (Lipinski definition) is 5. The van der Waals surface area contributed by atoms with Gasteiger partial charge in [0.05, 0.1) is 10.0 Å². The smallest absolute Gasteiger partial charge is 0.250 e. The first-order valence-corrected chi connectivity index (χ1v) is 12.3. The van der Waals surface area contributed by atoms with Crippen molar-refractivity contribution in [3.05, 3.63) is 100 Å². The van der Waals surface area contributed by atoms with Gasteiger partial charge >= 0.3 is 0 Å². The van der Waals surface area contributed by atoms with Gasteiger partial charge < -0.3 is 14.2 Å². The van der Waals surface area contributed by atoms with Gasteiger partial charge in [-0.25, -0.2) is 4.98 Å². The van der Waals surface area contributed by atoms with Gasteiger partial charge in [0.1, 0.15) is 17.0 Å². The highest BCUT2D eigenvalue weighted by molar-refractivity contribution is 7.80. The molecule has 0 atom stereocenters. The molecule has 2 heterocycles. The van der Waals surface area contributed by atoms with E-state index in [1.54, 1.807) is 48.5 Å². The fourth-order valence-electron chi connectivity index (χ4n) is 3.66. The van der Waals surface area contributed by atoms with E-state index in [-0.39, 0.29) is 5.11 Å². The van der Waals surface area contributed by atoms with Crippen LogP contribution in [0.1, 0.15) is 11.3 Å². The summed E-state index contributed by atoms with van der Waals surface area (Å²) < 4.78 is 11.6. The van der Waals surface area contributed by atoms with Crippen LogP contribution in [0.25, 0.3) is 40.0 Å². The molecule has 5 aromatic rings. The highest BCUT2D eigenvalue weighted by Crippen LogP contribution is 2.34. The topological polar surface area (TPSA) is 80.3 Å². The lowest BCUT2D eigenvalue weighted by Crippen LogP contribution is -2.32. The highest BCUT2D eigenvalue weighted by atomic mass is 35.5. The summed E-state index contributed by atoms with van der Waals surface area (Å²) >= 11 is 17.6. The number of thiocarbonyl (C=S) groups is 1. The largest absolute Gasteiger partial charge is 0.457 e. The molecule has 0 aliphatic carbocycles. The van der Waals surface area contributed by atoms with Crippen molar-refractivity contribution in [2.24, 2.45) is 0 Å². The van der Waals surface area contributed by atoms with Crippen LogP contribution in [0.5, 0.6) is 0 Å². The molecule has 0 unspecified atom stereocenters. The zero-order valence-corrected chi connectivity index (χ0v) is 21.7. The van der Waals surface area contributed by atoms with E-state index < -0.39 is 5.91 Å². The lowest BCUT2D eigenvalue weighted by Gasteiger charge is -2.07. The Hall–Kier alpha value is -3.91. The summed E-state index contributed by atoms with van der Waals surface area (Å²) in [6, 6.07) is 22.1. The van der Waals surface area contributed by atoms with Gasteiger partial charge in [0.2, 0.25) is 11.8 Å². The summed E-state index contributed by atoms with van der Waals surface area (Å²) in [6.45, 7) is 2.02. The summed E-state index contributed by atoms with van der Waals surface area (Å²) in [5, 5.41) is 6.58. The second-order valence-corrected chi connectivity index (χ2v) is 9.34. The highest BCUT2D eigenvalue weighted by Gasteiger charge is 2.12. The molecule has 2 aromatic heterocycles. The predicted molar refractivity (Wildman–Crippen MR) is 152 cm³/mol. The zero-order chi connectivity index (χ0) is 25.9. The van der Waals surface area contributed by atoms with E-state index in [1.165, 1.54) is 12.2 Å². The molecule has 0 aliphatic heterocycles. The first-order chi connectivity index (χ1) is 17.9. The molecule has 0 saturated carbocycles. The van der Waals surface area contributed by atoms with Gasteiger partial charge in [-0.1, -0.05) is 47.0 Å². The third-order valence-electron chi connectivity index (χ3n) is 5.39. The number of oxazole rings is 1. The van der Waals surface area contributed by atoms with E-state index in [0.717, 1.165) is 11.1 Å². The summed E-state index contributed by atoms with van der Waals surface area (Å²) in [5.41, 5.74) is 4.68. The van der Waals surface area contributed by atoms with Crippen molar-refractivity contribution in [2.75, 3.05) is 5.32 Å². The Labute approximate surface area is 227 Å². The number of nitrogens with one attached hydrogen (secondary N) is 2. The number of halogens is 2. The van der Waals surface area contributed by atoms with Crippen LogP contribution in [0.3, 0.4) is 0 Å². The molecule has 0 bridgehead atoms. The molecule has 1 amide bonds. The van der Waals surface area contributed by atoms with Crippen molar-refractivity contribution >= 4 is 69.3 Å². The van der Waals surface area contributed by atoms with E-state index >= 15 is 0 Å². The lowest BCUT2D eigenvalue weighted by molar-refractivity contribution is -0.115. The second kappa shape index (κ2) is 10.6. The van der Waals surface area contributed by atoms with Gasteiger partial charge in [0, 0.05) is 22.9 Å². The number of aryl methyl sites for hydroxylation is 1. The van der Waals surface area contributed by atoms with Crippen molar-refractivity contribution in [3.8, 4) is 22.8 Å². The Morgan fingerprint density at radius 3 is 2.68 bits per heavy atom. The molecular formula is C28H19Cl2N3O3S. The Morgan fingerprint density at radius 1 is 1.00 bits per heavy atom. The molecular weight excluding hydrogens is 529 g/mol. The average Bonchev–Trinajstić information content (AvgIpc) is 3.51. The zero-order valence-electron chi connectivity index (χ0n) is 19.4. The van der Waals surface area contributed by atoms with E-state index in [4.69, 9.17) is 44.3 Å². The van der Waals surface area contributed by atoms with E-state index in [9.17, 15) is 4.79 Å². The number of benzene rings is 3. The molecule has 9 heteroatoms. The molecule has 184 valence electrons. The minimum absolute atomic E-state index is 0.141. The van der Waals surface area contributed by atoms with Crippen LogP contribution in [0.2, 0.25) is 10.0 Å². The quantitative estimate of drug-likeness (QED) is 0.172. The number of amides is 1. The Morgan fingerprint density at radius 2 is 1.84 bits per heavy atom. The van der Waals surface area contributed by atoms with Crippen molar-refractivity contribution in [1.82, 2.24) is 10.3 Å². The van der Waals surface area contributed by atoms with E-state index in [0.29, 0.717) is 49.8 Å². The standard InChI is InChI=1S/C28H19Cl2N3O3S/c1-16-4-2-5-17(14-16)27-32-22-15-18(8-11-24(22)36-27)31-28(37)33-25(34)13-10-19-9-12-23(35-19)20-6-3-7-21(29)26(20)30/h2-15H,1H3,(H2,31,33,34,37). The molecule has 0 spiro atoms. The SMILES string of the molecule is Cc1cccc(-c2nc3cc(NC(=S)NC(=O)C=Cc4ccc(-c5cccc(Cl)c5Cl)o4)ccc3o2)c1. The molecule has 6 nitrogen and oxygen atoms in total. The third-order valence-corrected chi connectivity index (χ3v) is 6.41. The number of anilines is 1. The number of rotatable bonds is 5. The van der Waals surface area contributed by atoms with Gasteiger partial charge in [-0.05, 0) is 79.8 Å². The molecule has 0 fully saturated rings. The van der Waals surface area contributed by atoms with E-state index in [1.807, 2.05) is 31.2 Å². The summed E-state index contributed by atoms with van der Waals surface area (Å²) in [4.78, 5) is 16.9. The number of carbonyl (C=O) groups excluding carboxylic acids is 1. The first-order valence-electron chi connectivity index (χ1n) is 11.2. The average molecular weight is 548 g/mol. The summed E-state index contributed by atoms with van der Waals surface area (Å²) in [7, 11) is 0. The van der Waals surface area contributed by atoms with Crippen molar-refractivity contribution in [2.45, 2.75) is 6.92 Å². The van der Waals surface area contributed by atoms with Gasteiger partial charge in [0.15, 0.2) is 10.7 Å². The number of hydrogen-bond donors (Lipinski definition) is 2. The van der Waals surface area contributed by atoms with Crippen molar-refractivity contribution < 1.29 is 13.6 Å². The van der Waals surface area contributed by atoms with Crippen LogP contribution in [0.4, 0.5) is 5.69 Å². The van der Waals surface area contributed by atoms with Crippen LogP contribution in [-0.2, 0) is 4.79 Å². The van der Waals surface area contributed by atoms with Gasteiger partial charge in [-0.2, -0.15) is 0 Å². The minimum Gasteiger partial charge on any atom is -0.457 e. The molecule has 0 radical (unpaired) electrons. The normalized spacial score (nSPS) is 11.2. The van der Waals surface area contributed by atoms with Crippen molar-refractivity contribution in [3.63, 3.8) is 0 Å². The Balaban J connectivity index is 1.21. The first kappa shape index (κ1) is 24.8. The fraction of sp³-hybridized carbons (Fsp3) is 0.0357. The number of aromatic nitrogens is 1. The maximum Gasteiger partial charge on any atom is 0.250 e. The number of fused-ring (bicyclic) bond motifs is 1. The molecule has 0 saturated heterocycles. The second-order valence-electron chi connectivity index (χ2n) is 8.15. The Kier molecular flexibility index (Phi) is 7.10. The van der Waals surface area contributed by atoms with Gasteiger partial charge in [-0.15, -0.1) is 0 Å². The molecule has 2 N–H and O–H groups in total. The van der Waals surface area contributed by atoms with Gasteiger partial charge in [0.25, 0.3) is 0 Å². The maximum atomic E-state index is 12.4. The maximum absolute atomic E-state index is 12.4. The fourth-order valence-corrected chi connectivity index (χ4v) is 4.27. The van der Waals surface area contributed by atoms with E-state index in [2.05, 4.69) is 15.6 Å². The molecule has 3 aromatic carbocycles. The van der Waals surface area contributed by atoms with Crippen LogP contribution < -0.4 is 10.6 Å². The van der Waals surface area contributed by atoms with Crippen LogP contribution in [-0.4, -0.2) is 16.0 Å². The predicted octanol–water partition coefficient (Wildman–Crippen LogP) is 7.90. The molecule has 0 aliphatic rings. The van der Waals surface area contributed by atoms with Crippen LogP contribution in [0, 0.1) is 6.92 Å². The number of carbonyl (C=O) groups is 1.